The van der Waals surface area contributed by atoms with E-state index in [0.29, 0.717) is 0 Å². The Morgan fingerprint density at radius 3 is 1.87 bits per heavy atom. The molecule has 52 heavy (non-hydrogen) atoms. The first kappa shape index (κ1) is 28.5. The molecule has 0 nitrogen and oxygen atoms in total. The molecule has 1 heteroatoms. The molecule has 0 radical (unpaired) electrons. The first-order valence-corrected chi connectivity index (χ1v) is 18.9. The number of hydrogen-bond donors (Lipinski definition) is 0. The molecule has 240 valence electrons. The maximum atomic E-state index is 2.42. The van der Waals surface area contributed by atoms with Gasteiger partial charge < -0.3 is 0 Å². The minimum absolute atomic E-state index is 0.406. The van der Waals surface area contributed by atoms with Gasteiger partial charge in [-0.1, -0.05) is 176 Å². The predicted molar refractivity (Wildman–Crippen MR) is 218 cm³/mol. The Kier molecular flexibility index (Phi) is 5.73. The number of rotatable bonds is 2. The van der Waals surface area contributed by atoms with Crippen LogP contribution in [0.2, 0.25) is 0 Å². The van der Waals surface area contributed by atoms with E-state index < -0.39 is 5.41 Å². The molecule has 1 atom stereocenters. The topological polar surface area (TPSA) is 0 Å². The van der Waals surface area contributed by atoms with E-state index in [2.05, 4.69) is 182 Å². The Labute approximate surface area is 307 Å². The Morgan fingerprint density at radius 2 is 0.962 bits per heavy atom. The van der Waals surface area contributed by atoms with E-state index in [1.807, 2.05) is 11.8 Å². The fraction of sp³-hybridized carbons (Fsp3) is 0.0196. The highest BCUT2D eigenvalue weighted by Crippen LogP contribution is 2.65. The summed E-state index contributed by atoms with van der Waals surface area (Å²) in [6.45, 7) is 0. The largest absolute Gasteiger partial charge is 0.0888 e. The van der Waals surface area contributed by atoms with Crippen molar-refractivity contribution in [1.82, 2.24) is 0 Å². The molecule has 0 aromatic heterocycles. The van der Waals surface area contributed by atoms with Crippen LogP contribution in [0.25, 0.3) is 77.2 Å². The lowest BCUT2D eigenvalue weighted by Crippen LogP contribution is -2.26. The molecule has 3 aliphatic rings. The molecule has 1 aliphatic heterocycles. The summed E-state index contributed by atoms with van der Waals surface area (Å²) in [4.78, 5) is 2.66. The van der Waals surface area contributed by atoms with E-state index >= 15 is 0 Å². The molecule has 0 saturated heterocycles. The fourth-order valence-electron chi connectivity index (χ4n) is 9.89. The molecule has 9 aromatic carbocycles. The fourth-order valence-corrected chi connectivity index (χ4v) is 11.0. The van der Waals surface area contributed by atoms with Gasteiger partial charge in [-0.2, -0.15) is 0 Å². The predicted octanol–water partition coefficient (Wildman–Crippen LogP) is 13.8. The minimum atomic E-state index is -0.406. The highest BCUT2D eigenvalue weighted by atomic mass is 32.2. The molecule has 9 aromatic rings. The molecule has 0 saturated carbocycles. The summed E-state index contributed by atoms with van der Waals surface area (Å²) in [5.41, 5.74) is 18.2. The first-order chi connectivity index (χ1) is 25.8. The van der Waals surface area contributed by atoms with E-state index in [1.165, 1.54) is 109 Å². The zero-order valence-corrected chi connectivity index (χ0v) is 29.0. The summed E-state index contributed by atoms with van der Waals surface area (Å²) in [5, 5.41) is 5.28. The van der Waals surface area contributed by atoms with E-state index in [1.54, 1.807) is 0 Å². The van der Waals surface area contributed by atoms with Crippen molar-refractivity contribution in [3.63, 3.8) is 0 Å². The number of benzene rings is 9. The zero-order valence-electron chi connectivity index (χ0n) is 28.2. The monoisotopic (exact) mass is 674 g/mol. The highest BCUT2D eigenvalue weighted by Gasteiger charge is 2.52. The van der Waals surface area contributed by atoms with Crippen molar-refractivity contribution in [3.8, 4) is 55.6 Å². The van der Waals surface area contributed by atoms with Crippen LogP contribution in [0.15, 0.2) is 192 Å². The van der Waals surface area contributed by atoms with Gasteiger partial charge in [-0.15, -0.1) is 0 Å². The van der Waals surface area contributed by atoms with Crippen molar-refractivity contribution in [2.75, 3.05) is 0 Å². The van der Waals surface area contributed by atoms with Crippen molar-refractivity contribution in [1.29, 1.82) is 0 Å². The normalized spacial score (nSPS) is 15.7. The summed E-state index contributed by atoms with van der Waals surface area (Å²) in [6.07, 6.45) is 0. The summed E-state index contributed by atoms with van der Waals surface area (Å²) < 4.78 is 0. The lowest BCUT2D eigenvalue weighted by atomic mass is 9.69. The lowest BCUT2D eigenvalue weighted by molar-refractivity contribution is 0.801. The molecule has 0 bridgehead atoms. The van der Waals surface area contributed by atoms with Gasteiger partial charge in [0.25, 0.3) is 0 Å². The van der Waals surface area contributed by atoms with Crippen LogP contribution in [0, 0.1) is 0 Å². The molecule has 12 rings (SSSR count). The second-order valence-electron chi connectivity index (χ2n) is 14.3. The second-order valence-corrected chi connectivity index (χ2v) is 15.4. The molecular weight excluding hydrogens is 645 g/mol. The second kappa shape index (κ2) is 10.4. The molecule has 1 spiro atoms. The van der Waals surface area contributed by atoms with Crippen molar-refractivity contribution in [2.45, 2.75) is 15.2 Å². The van der Waals surface area contributed by atoms with Crippen LogP contribution < -0.4 is 0 Å². The quantitative estimate of drug-likeness (QED) is 0.176. The van der Waals surface area contributed by atoms with E-state index in [-0.39, 0.29) is 0 Å². The Balaban J connectivity index is 1.11. The van der Waals surface area contributed by atoms with Gasteiger partial charge in [0.2, 0.25) is 0 Å². The van der Waals surface area contributed by atoms with Gasteiger partial charge in [0.15, 0.2) is 0 Å². The van der Waals surface area contributed by atoms with Gasteiger partial charge in [0.05, 0.1) is 5.41 Å². The standard InChI is InChI=1S/C51H30S/c1-2-15-36-31(12-1)26-27-41-37-16-3-6-22-43(37)51(50(36)41)44-23-7-4-18-42(44)48-35(19-11-24-45(48)51)33-14-9-13-32(30-33)34-28-29-47-49-39(34)20-10-21-40(49)38-17-5-8-25-46(38)52-47/h1-30H. The first-order valence-electron chi connectivity index (χ1n) is 18.1. The summed E-state index contributed by atoms with van der Waals surface area (Å²) in [7, 11) is 0. The van der Waals surface area contributed by atoms with Crippen LogP contribution >= 0.6 is 11.8 Å². The Bertz CT molecular complexity index is 3000. The van der Waals surface area contributed by atoms with Crippen molar-refractivity contribution in [2.24, 2.45) is 0 Å². The van der Waals surface area contributed by atoms with Gasteiger partial charge >= 0.3 is 0 Å². The third-order valence-electron chi connectivity index (χ3n) is 11.9. The summed E-state index contributed by atoms with van der Waals surface area (Å²) >= 11 is 1.89. The van der Waals surface area contributed by atoms with Crippen LogP contribution in [-0.4, -0.2) is 0 Å². The SMILES string of the molecule is c1cc(-c2cccc3c2-c2ccccc2C32c3ccccc3-c3ccc4ccccc4c32)cc(-c2ccc3c4c(cccc24)-c2ccccc2S3)c1. The van der Waals surface area contributed by atoms with Crippen LogP contribution in [-0.2, 0) is 5.41 Å². The number of hydrogen-bond acceptors (Lipinski definition) is 1. The van der Waals surface area contributed by atoms with Gasteiger partial charge in [-0.05, 0) is 112 Å². The summed E-state index contributed by atoms with van der Waals surface area (Å²) in [5.74, 6) is 0. The third kappa shape index (κ3) is 3.59. The van der Waals surface area contributed by atoms with Crippen molar-refractivity contribution < 1.29 is 0 Å². The van der Waals surface area contributed by atoms with Gasteiger partial charge in [0.1, 0.15) is 0 Å². The molecule has 0 amide bonds. The molecule has 2 aliphatic carbocycles. The van der Waals surface area contributed by atoms with Crippen LogP contribution in [0.4, 0.5) is 0 Å². The van der Waals surface area contributed by atoms with Crippen molar-refractivity contribution >= 4 is 33.3 Å². The Hall–Kier alpha value is -6.15. The van der Waals surface area contributed by atoms with Gasteiger partial charge in [-0.25, -0.2) is 0 Å². The molecule has 1 heterocycles. The zero-order chi connectivity index (χ0) is 34.0. The molecular formula is C51H30S. The highest BCUT2D eigenvalue weighted by molar-refractivity contribution is 7.99. The van der Waals surface area contributed by atoms with Gasteiger partial charge in [-0.3, -0.25) is 0 Å². The Morgan fingerprint density at radius 1 is 0.346 bits per heavy atom. The molecule has 0 N–H and O–H groups in total. The lowest BCUT2D eigenvalue weighted by Gasteiger charge is -2.31. The average molecular weight is 675 g/mol. The van der Waals surface area contributed by atoms with E-state index in [9.17, 15) is 0 Å². The van der Waals surface area contributed by atoms with E-state index in [0.717, 1.165) is 0 Å². The van der Waals surface area contributed by atoms with Crippen LogP contribution in [0.5, 0.6) is 0 Å². The molecule has 0 fully saturated rings. The van der Waals surface area contributed by atoms with Crippen LogP contribution in [0.1, 0.15) is 22.3 Å². The van der Waals surface area contributed by atoms with Crippen LogP contribution in [0.3, 0.4) is 0 Å². The van der Waals surface area contributed by atoms with E-state index in [4.69, 9.17) is 0 Å². The average Bonchev–Trinajstić information content (AvgIpc) is 3.69. The minimum Gasteiger partial charge on any atom is -0.0888 e. The maximum absolute atomic E-state index is 2.42. The van der Waals surface area contributed by atoms with Crippen molar-refractivity contribution in [3.05, 3.63) is 204 Å². The molecule has 1 unspecified atom stereocenters. The maximum Gasteiger partial charge on any atom is 0.0731 e. The third-order valence-corrected chi connectivity index (χ3v) is 13.0. The summed E-state index contributed by atoms with van der Waals surface area (Å²) in [6, 6.07) is 68.4. The number of fused-ring (bicyclic) bond motifs is 14. The smallest absolute Gasteiger partial charge is 0.0731 e. The van der Waals surface area contributed by atoms with Gasteiger partial charge in [0, 0.05) is 15.2 Å².